The maximum absolute atomic E-state index is 8.73. The largest absolute Gasteiger partial charge is 0.257 e. The second-order valence-corrected chi connectivity index (χ2v) is 3.74. The summed E-state index contributed by atoms with van der Waals surface area (Å²) in [7, 11) is 0. The topological polar surface area (TPSA) is 72.4 Å². The summed E-state index contributed by atoms with van der Waals surface area (Å²) in [6, 6.07) is 1.92. The fourth-order valence-corrected chi connectivity index (χ4v) is 1.55. The molecule has 0 aromatic heterocycles. The molecule has 1 heterocycles. The predicted octanol–water partition coefficient (Wildman–Crippen LogP) is 2.86. The van der Waals surface area contributed by atoms with Crippen molar-refractivity contribution in [1.29, 1.82) is 10.7 Å². The maximum Gasteiger partial charge on any atom is 0.177 e. The molecule has 0 bridgehead atoms. The Morgan fingerprint density at radius 1 is 1.19 bits per heavy atom. The molecule has 0 unspecified atom stereocenters. The van der Waals surface area contributed by atoms with E-state index in [1.54, 1.807) is 0 Å². The Balaban J connectivity index is 2.38. The highest BCUT2D eigenvalue weighted by Gasteiger charge is 2.15. The molecule has 1 aliphatic rings. The molecular weight excluding hydrogens is 200 g/mol. The molecule has 0 aromatic rings. The van der Waals surface area contributed by atoms with Crippen LogP contribution in [0.1, 0.15) is 45.4 Å². The first kappa shape index (κ1) is 12.4. The van der Waals surface area contributed by atoms with E-state index in [0.717, 1.165) is 12.8 Å². The lowest BCUT2D eigenvalue weighted by Gasteiger charge is -1.97. The smallest absolute Gasteiger partial charge is 0.177 e. The van der Waals surface area contributed by atoms with Gasteiger partial charge >= 0.3 is 0 Å². The Kier molecular flexibility index (Phi) is 5.18. The van der Waals surface area contributed by atoms with Crippen molar-refractivity contribution in [1.82, 2.24) is 0 Å². The molecule has 0 spiro atoms. The van der Waals surface area contributed by atoms with Crippen LogP contribution in [0.3, 0.4) is 0 Å². The second-order valence-electron chi connectivity index (χ2n) is 3.74. The molecule has 0 radical (unpaired) electrons. The molecular formula is C12H16N4. The van der Waals surface area contributed by atoms with Crippen LogP contribution in [0, 0.1) is 16.7 Å². The molecule has 0 aromatic carbocycles. The number of amidine groups is 1. The van der Waals surface area contributed by atoms with Gasteiger partial charge in [0.25, 0.3) is 0 Å². The molecule has 1 aliphatic heterocycles. The number of rotatable bonds is 6. The van der Waals surface area contributed by atoms with E-state index in [9.17, 15) is 0 Å². The quantitative estimate of drug-likeness (QED) is 0.538. The number of nitriles is 1. The van der Waals surface area contributed by atoms with Gasteiger partial charge in [0.05, 0.1) is 0 Å². The van der Waals surface area contributed by atoms with Gasteiger partial charge in [0, 0.05) is 12.3 Å². The highest BCUT2D eigenvalue weighted by molar-refractivity contribution is 6.23. The summed E-state index contributed by atoms with van der Waals surface area (Å²) in [6.45, 7) is 2.19. The fraction of sp³-hybridized carbons (Fsp3) is 0.583. The van der Waals surface area contributed by atoms with Crippen LogP contribution >= 0.6 is 0 Å². The van der Waals surface area contributed by atoms with Crippen molar-refractivity contribution >= 4 is 17.4 Å². The molecule has 0 fully saturated rings. The van der Waals surface area contributed by atoms with Crippen LogP contribution in [0.4, 0.5) is 0 Å². The van der Waals surface area contributed by atoms with Gasteiger partial charge in [-0.15, -0.1) is 0 Å². The van der Waals surface area contributed by atoms with E-state index in [0.29, 0.717) is 5.84 Å². The predicted molar refractivity (Wildman–Crippen MR) is 65.1 cm³/mol. The van der Waals surface area contributed by atoms with Gasteiger partial charge in [0.1, 0.15) is 11.9 Å². The van der Waals surface area contributed by atoms with Crippen LogP contribution in [-0.2, 0) is 0 Å². The van der Waals surface area contributed by atoms with Crippen LogP contribution in [-0.4, -0.2) is 17.4 Å². The Morgan fingerprint density at radius 3 is 2.50 bits per heavy atom. The second kappa shape index (κ2) is 6.71. The highest BCUT2D eigenvalue weighted by atomic mass is 15.0. The summed E-state index contributed by atoms with van der Waals surface area (Å²) in [6.07, 6.45) is 6.76. The summed E-state index contributed by atoms with van der Waals surface area (Å²) >= 11 is 0. The molecule has 16 heavy (non-hydrogen) atoms. The molecule has 1 rings (SSSR count). The minimum atomic E-state index is 0.221. The molecule has 84 valence electrons. The normalized spacial score (nSPS) is 14.1. The number of nitrogens with one attached hydrogen (secondary N) is 1. The molecule has 0 saturated heterocycles. The maximum atomic E-state index is 8.73. The molecule has 0 atom stereocenters. The summed E-state index contributed by atoms with van der Waals surface area (Å²) in [5.41, 5.74) is 0.490. The van der Waals surface area contributed by atoms with Gasteiger partial charge in [-0.25, -0.2) is 9.98 Å². The van der Waals surface area contributed by atoms with Gasteiger partial charge in [-0.2, -0.15) is 5.26 Å². The number of hydrogen-bond donors (Lipinski definition) is 1. The van der Waals surface area contributed by atoms with E-state index in [4.69, 9.17) is 10.7 Å². The van der Waals surface area contributed by atoms with E-state index in [-0.39, 0.29) is 11.4 Å². The van der Waals surface area contributed by atoms with Crippen molar-refractivity contribution in [3.8, 4) is 6.07 Å². The lowest BCUT2D eigenvalue weighted by atomic mass is 10.1. The van der Waals surface area contributed by atoms with E-state index < -0.39 is 0 Å². The number of hydrogen-bond acceptors (Lipinski definition) is 4. The Hall–Kier alpha value is -1.72. The first-order valence-electron chi connectivity index (χ1n) is 5.68. The van der Waals surface area contributed by atoms with E-state index >= 15 is 0 Å². The van der Waals surface area contributed by atoms with E-state index in [1.807, 2.05) is 6.07 Å². The highest BCUT2D eigenvalue weighted by Crippen LogP contribution is 2.13. The van der Waals surface area contributed by atoms with Gasteiger partial charge in [-0.1, -0.05) is 32.6 Å². The summed E-state index contributed by atoms with van der Waals surface area (Å²) in [5, 5.41) is 15.7. The molecule has 4 heteroatoms. The van der Waals surface area contributed by atoms with Crippen molar-refractivity contribution in [2.24, 2.45) is 9.98 Å². The van der Waals surface area contributed by atoms with E-state index in [1.165, 1.54) is 25.7 Å². The Labute approximate surface area is 95.9 Å². The number of unbranched alkanes of at least 4 members (excludes halogenated alkanes) is 4. The van der Waals surface area contributed by atoms with Crippen LogP contribution in [0.15, 0.2) is 15.7 Å². The standard InChI is InChI=1S/C12H16N4/c1-2-3-4-5-6-7-12-15-10(8-13)11(9-14)16-12/h13H,2-7H2,1H3. The zero-order valence-electron chi connectivity index (χ0n) is 9.58. The third kappa shape index (κ3) is 3.45. The first-order valence-corrected chi connectivity index (χ1v) is 5.68. The zero-order chi connectivity index (χ0) is 11.8. The van der Waals surface area contributed by atoms with Crippen molar-refractivity contribution in [2.45, 2.75) is 45.4 Å². The monoisotopic (exact) mass is 216 g/mol. The van der Waals surface area contributed by atoms with Crippen molar-refractivity contribution < 1.29 is 0 Å². The summed E-state index contributed by atoms with van der Waals surface area (Å²) < 4.78 is 0. The van der Waals surface area contributed by atoms with Crippen molar-refractivity contribution in [2.75, 3.05) is 0 Å². The number of aliphatic imine (C=N–C) groups is 2. The van der Waals surface area contributed by atoms with Gasteiger partial charge in [0.2, 0.25) is 0 Å². The molecule has 0 aliphatic carbocycles. The number of nitrogens with zero attached hydrogens (tertiary/aromatic N) is 3. The van der Waals surface area contributed by atoms with Gasteiger partial charge < -0.3 is 0 Å². The summed E-state index contributed by atoms with van der Waals surface area (Å²) in [5.74, 6) is 2.80. The fourth-order valence-electron chi connectivity index (χ4n) is 1.55. The summed E-state index contributed by atoms with van der Waals surface area (Å²) in [4.78, 5) is 8.15. The molecule has 0 amide bonds. The minimum Gasteiger partial charge on any atom is -0.257 e. The van der Waals surface area contributed by atoms with E-state index in [2.05, 4.69) is 22.8 Å². The van der Waals surface area contributed by atoms with Gasteiger partial charge in [-0.3, -0.25) is 5.41 Å². The average molecular weight is 216 g/mol. The lowest BCUT2D eigenvalue weighted by molar-refractivity contribution is 0.643. The molecule has 1 N–H and O–H groups in total. The first-order chi connectivity index (χ1) is 7.81. The Morgan fingerprint density at radius 2 is 1.94 bits per heavy atom. The van der Waals surface area contributed by atoms with Crippen LogP contribution in [0.25, 0.3) is 0 Å². The Bertz CT molecular complexity index is 392. The zero-order valence-corrected chi connectivity index (χ0v) is 9.58. The van der Waals surface area contributed by atoms with Crippen LogP contribution < -0.4 is 0 Å². The van der Waals surface area contributed by atoms with Gasteiger partial charge in [-0.05, 0) is 6.42 Å². The molecule has 4 nitrogen and oxygen atoms in total. The third-order valence-corrected chi connectivity index (χ3v) is 2.43. The van der Waals surface area contributed by atoms with Crippen molar-refractivity contribution in [3.05, 3.63) is 5.70 Å². The lowest BCUT2D eigenvalue weighted by Crippen LogP contribution is -1.93. The van der Waals surface area contributed by atoms with Crippen molar-refractivity contribution in [3.63, 3.8) is 0 Å². The molecule has 0 saturated carbocycles. The SMILES string of the molecule is CCCCCCCC1=NC(=C=N)C(C#N)=N1. The third-order valence-electron chi connectivity index (χ3n) is 2.43. The average Bonchev–Trinajstić information content (AvgIpc) is 2.71. The van der Waals surface area contributed by atoms with Crippen LogP contribution in [0.2, 0.25) is 0 Å². The minimum absolute atomic E-state index is 0.221. The number of allylic oxidation sites excluding steroid dienone is 1. The van der Waals surface area contributed by atoms with Gasteiger partial charge in [0.15, 0.2) is 11.4 Å². The van der Waals surface area contributed by atoms with Crippen LogP contribution in [0.5, 0.6) is 0 Å².